The molecule has 0 saturated carbocycles. The van der Waals surface area contributed by atoms with Gasteiger partial charge in [-0.05, 0) is 12.8 Å². The molecule has 0 aliphatic carbocycles. The van der Waals surface area contributed by atoms with Gasteiger partial charge in [-0.25, -0.2) is 9.78 Å². The predicted octanol–water partition coefficient (Wildman–Crippen LogP) is 0.764. The molecule has 0 aromatic carbocycles. The SMILES string of the molecule is O=C(O)COCCCCn1ccnc1. The highest BCUT2D eigenvalue weighted by Crippen LogP contribution is 1.95. The van der Waals surface area contributed by atoms with Crippen LogP contribution in [0.4, 0.5) is 0 Å². The van der Waals surface area contributed by atoms with Gasteiger partial charge in [0.2, 0.25) is 0 Å². The number of carboxylic acids is 1. The molecule has 5 nitrogen and oxygen atoms in total. The van der Waals surface area contributed by atoms with Gasteiger partial charge in [-0.2, -0.15) is 0 Å². The number of hydrogen-bond donors (Lipinski definition) is 1. The molecule has 0 unspecified atom stereocenters. The van der Waals surface area contributed by atoms with Crippen LogP contribution < -0.4 is 0 Å². The first-order valence-electron chi connectivity index (χ1n) is 4.54. The van der Waals surface area contributed by atoms with Crippen LogP contribution >= 0.6 is 0 Å². The van der Waals surface area contributed by atoms with E-state index < -0.39 is 5.97 Å². The number of unbranched alkanes of at least 4 members (excludes halogenated alkanes) is 1. The van der Waals surface area contributed by atoms with Crippen LogP contribution in [0.15, 0.2) is 18.7 Å². The maximum atomic E-state index is 10.1. The van der Waals surface area contributed by atoms with Crippen molar-refractivity contribution in [3.63, 3.8) is 0 Å². The second-order valence-corrected chi connectivity index (χ2v) is 2.95. The molecule has 1 heterocycles. The van der Waals surface area contributed by atoms with Gasteiger partial charge in [0.15, 0.2) is 0 Å². The molecule has 1 N–H and O–H groups in total. The molecule has 1 rings (SSSR count). The number of nitrogens with zero attached hydrogens (tertiary/aromatic N) is 2. The molecule has 78 valence electrons. The average Bonchev–Trinajstić information content (AvgIpc) is 2.63. The third-order valence-corrected chi connectivity index (χ3v) is 1.74. The van der Waals surface area contributed by atoms with Gasteiger partial charge in [-0.1, -0.05) is 0 Å². The monoisotopic (exact) mass is 198 g/mol. The molecule has 0 saturated heterocycles. The summed E-state index contributed by atoms with van der Waals surface area (Å²) in [5, 5.41) is 8.28. The Hall–Kier alpha value is -1.36. The molecule has 5 heteroatoms. The Kier molecular flexibility index (Phi) is 4.71. The molecule has 0 aliphatic heterocycles. The maximum Gasteiger partial charge on any atom is 0.329 e. The van der Waals surface area contributed by atoms with E-state index in [1.807, 2.05) is 10.8 Å². The number of hydrogen-bond acceptors (Lipinski definition) is 3. The molecule has 0 fully saturated rings. The molecule has 0 spiro atoms. The fraction of sp³-hybridized carbons (Fsp3) is 0.556. The smallest absolute Gasteiger partial charge is 0.329 e. The highest BCUT2D eigenvalue weighted by Gasteiger charge is 1.95. The van der Waals surface area contributed by atoms with Crippen LogP contribution in [0.1, 0.15) is 12.8 Å². The van der Waals surface area contributed by atoms with E-state index in [2.05, 4.69) is 4.98 Å². The average molecular weight is 198 g/mol. The molecule has 1 aromatic heterocycles. The number of aliphatic carboxylic acids is 1. The summed E-state index contributed by atoms with van der Waals surface area (Å²) in [5.74, 6) is -0.917. The van der Waals surface area contributed by atoms with Gasteiger partial charge in [0, 0.05) is 25.5 Å². The third-order valence-electron chi connectivity index (χ3n) is 1.74. The fourth-order valence-electron chi connectivity index (χ4n) is 1.08. The minimum atomic E-state index is -0.917. The van der Waals surface area contributed by atoms with Crippen LogP contribution in [0.3, 0.4) is 0 Å². The Morgan fingerprint density at radius 3 is 3.00 bits per heavy atom. The molecule has 14 heavy (non-hydrogen) atoms. The molecule has 0 atom stereocenters. The van der Waals surface area contributed by atoms with E-state index in [-0.39, 0.29) is 6.61 Å². The van der Waals surface area contributed by atoms with Gasteiger partial charge in [-0.3, -0.25) is 0 Å². The zero-order valence-corrected chi connectivity index (χ0v) is 7.93. The third kappa shape index (κ3) is 4.61. The van der Waals surface area contributed by atoms with E-state index in [0.717, 1.165) is 19.4 Å². The van der Waals surface area contributed by atoms with Crippen LogP contribution in [-0.2, 0) is 16.1 Å². The number of carboxylic acid groups (broad SMARTS) is 1. The Labute approximate surface area is 82.3 Å². The lowest BCUT2D eigenvalue weighted by Gasteiger charge is -2.02. The first kappa shape index (κ1) is 10.7. The van der Waals surface area contributed by atoms with Gasteiger partial charge in [0.05, 0.1) is 6.33 Å². The van der Waals surface area contributed by atoms with Crippen molar-refractivity contribution >= 4 is 5.97 Å². The molecule has 0 bridgehead atoms. The van der Waals surface area contributed by atoms with Crippen LogP contribution in [0, 0.1) is 0 Å². The van der Waals surface area contributed by atoms with E-state index >= 15 is 0 Å². The van der Waals surface area contributed by atoms with Crippen LogP contribution in [0.2, 0.25) is 0 Å². The zero-order valence-electron chi connectivity index (χ0n) is 7.93. The lowest BCUT2D eigenvalue weighted by Crippen LogP contribution is -2.08. The van der Waals surface area contributed by atoms with E-state index in [1.165, 1.54) is 0 Å². The first-order valence-corrected chi connectivity index (χ1v) is 4.54. The number of imidazole rings is 1. The van der Waals surface area contributed by atoms with Gasteiger partial charge in [-0.15, -0.1) is 0 Å². The quantitative estimate of drug-likeness (QED) is 0.657. The second-order valence-electron chi connectivity index (χ2n) is 2.95. The van der Waals surface area contributed by atoms with Crippen molar-refractivity contribution in [2.45, 2.75) is 19.4 Å². The minimum Gasteiger partial charge on any atom is -0.480 e. The lowest BCUT2D eigenvalue weighted by molar-refractivity contribution is -0.142. The molecule has 0 amide bonds. The van der Waals surface area contributed by atoms with E-state index in [9.17, 15) is 4.79 Å². The van der Waals surface area contributed by atoms with E-state index in [4.69, 9.17) is 9.84 Å². The van der Waals surface area contributed by atoms with Crippen LogP contribution in [0.25, 0.3) is 0 Å². The van der Waals surface area contributed by atoms with Crippen molar-refractivity contribution in [2.75, 3.05) is 13.2 Å². The summed E-state index contributed by atoms with van der Waals surface area (Å²) in [5.41, 5.74) is 0. The van der Waals surface area contributed by atoms with Gasteiger partial charge in [0.25, 0.3) is 0 Å². The zero-order chi connectivity index (χ0) is 10.2. The van der Waals surface area contributed by atoms with Gasteiger partial charge in [0.1, 0.15) is 6.61 Å². The Bertz CT molecular complexity index is 259. The largest absolute Gasteiger partial charge is 0.480 e. The summed E-state index contributed by atoms with van der Waals surface area (Å²) < 4.78 is 6.87. The summed E-state index contributed by atoms with van der Waals surface area (Å²) >= 11 is 0. The predicted molar refractivity (Wildman–Crippen MR) is 49.9 cm³/mol. The van der Waals surface area contributed by atoms with Crippen molar-refractivity contribution in [1.82, 2.24) is 9.55 Å². The Morgan fingerprint density at radius 2 is 2.36 bits per heavy atom. The van der Waals surface area contributed by atoms with Gasteiger partial charge >= 0.3 is 5.97 Å². The summed E-state index contributed by atoms with van der Waals surface area (Å²) in [6.45, 7) is 1.20. The number of aryl methyl sites for hydroxylation is 1. The van der Waals surface area contributed by atoms with Crippen molar-refractivity contribution in [1.29, 1.82) is 0 Å². The second kappa shape index (κ2) is 6.15. The number of ether oxygens (including phenoxy) is 1. The standard InChI is InChI=1S/C9H14N2O3/c12-9(13)7-14-6-2-1-4-11-5-3-10-8-11/h3,5,8H,1-2,4,6-7H2,(H,12,13). The summed E-state index contributed by atoms with van der Waals surface area (Å²) in [6.07, 6.45) is 7.23. The molecule has 0 radical (unpaired) electrons. The van der Waals surface area contributed by atoms with E-state index in [1.54, 1.807) is 12.5 Å². The van der Waals surface area contributed by atoms with Crippen LogP contribution in [0.5, 0.6) is 0 Å². The fourth-order valence-corrected chi connectivity index (χ4v) is 1.08. The minimum absolute atomic E-state index is 0.203. The normalized spacial score (nSPS) is 10.3. The van der Waals surface area contributed by atoms with Gasteiger partial charge < -0.3 is 14.4 Å². The first-order chi connectivity index (χ1) is 6.79. The van der Waals surface area contributed by atoms with Crippen molar-refractivity contribution in [3.8, 4) is 0 Å². The molecular weight excluding hydrogens is 184 g/mol. The topological polar surface area (TPSA) is 64.3 Å². The summed E-state index contributed by atoms with van der Waals surface area (Å²) in [6, 6.07) is 0. The Balaban J connectivity index is 1.92. The highest BCUT2D eigenvalue weighted by atomic mass is 16.5. The van der Waals surface area contributed by atoms with Crippen molar-refractivity contribution < 1.29 is 14.6 Å². The number of rotatable bonds is 7. The van der Waals surface area contributed by atoms with Crippen molar-refractivity contribution in [2.24, 2.45) is 0 Å². The number of carbonyl (C=O) groups is 1. The van der Waals surface area contributed by atoms with E-state index in [0.29, 0.717) is 6.61 Å². The lowest BCUT2D eigenvalue weighted by atomic mass is 10.3. The summed E-state index contributed by atoms with van der Waals surface area (Å²) in [4.78, 5) is 14.0. The molecule has 1 aromatic rings. The summed E-state index contributed by atoms with van der Waals surface area (Å²) in [7, 11) is 0. The van der Waals surface area contributed by atoms with Crippen LogP contribution in [-0.4, -0.2) is 33.8 Å². The highest BCUT2D eigenvalue weighted by molar-refractivity contribution is 5.67. The number of aromatic nitrogens is 2. The molecule has 0 aliphatic rings. The molecular formula is C9H14N2O3. The Morgan fingerprint density at radius 1 is 1.50 bits per heavy atom. The maximum absolute atomic E-state index is 10.1. The van der Waals surface area contributed by atoms with Crippen molar-refractivity contribution in [3.05, 3.63) is 18.7 Å².